The third kappa shape index (κ3) is 6.06. The van der Waals surface area contributed by atoms with Crippen molar-refractivity contribution in [2.75, 3.05) is 25.4 Å². The Hall–Kier alpha value is -2.94. The molecule has 3 aromatic rings. The predicted molar refractivity (Wildman–Crippen MR) is 124 cm³/mol. The molecule has 168 valence electrons. The second-order valence-electron chi connectivity index (χ2n) is 7.39. The van der Waals surface area contributed by atoms with Gasteiger partial charge in [0.2, 0.25) is 0 Å². The average Bonchev–Trinajstić information content (AvgIpc) is 2.73. The molecule has 0 bridgehead atoms. The van der Waals surface area contributed by atoms with Gasteiger partial charge in [-0.2, -0.15) is 0 Å². The maximum atomic E-state index is 13.6. The Kier molecular flexibility index (Phi) is 7.50. The third-order valence-corrected chi connectivity index (χ3v) is 6.41. The minimum absolute atomic E-state index is 0.0561. The van der Waals surface area contributed by atoms with Crippen molar-refractivity contribution < 1.29 is 17.6 Å². The molecule has 0 radical (unpaired) electrons. The van der Waals surface area contributed by atoms with Gasteiger partial charge in [-0.25, -0.2) is 12.8 Å². The van der Waals surface area contributed by atoms with Crippen molar-refractivity contribution in [3.63, 3.8) is 0 Å². The lowest BCUT2D eigenvalue weighted by molar-refractivity contribution is 0.0941. The van der Waals surface area contributed by atoms with Crippen molar-refractivity contribution in [2.45, 2.75) is 10.9 Å². The minimum Gasteiger partial charge on any atom is -0.350 e. The normalized spacial score (nSPS) is 12.4. The number of nitrogens with zero attached hydrogens (tertiary/aromatic N) is 1. The van der Waals surface area contributed by atoms with E-state index in [9.17, 15) is 17.6 Å². The van der Waals surface area contributed by atoms with Crippen LogP contribution in [0, 0.1) is 5.82 Å². The smallest absolute Gasteiger partial charge is 0.261 e. The van der Waals surface area contributed by atoms with E-state index in [0.717, 1.165) is 5.56 Å². The molecule has 6 nitrogen and oxygen atoms in total. The molecule has 0 aliphatic rings. The van der Waals surface area contributed by atoms with E-state index in [0.29, 0.717) is 10.7 Å². The maximum absolute atomic E-state index is 13.6. The van der Waals surface area contributed by atoms with E-state index in [-0.39, 0.29) is 28.9 Å². The Bertz CT molecular complexity index is 1220. The van der Waals surface area contributed by atoms with Crippen LogP contribution in [0.25, 0.3) is 0 Å². The first kappa shape index (κ1) is 23.7. The average molecular weight is 476 g/mol. The predicted octanol–water partition coefficient (Wildman–Crippen LogP) is 4.31. The topological polar surface area (TPSA) is 78.5 Å². The van der Waals surface area contributed by atoms with Crippen LogP contribution in [-0.4, -0.2) is 39.9 Å². The standard InChI is InChI=1S/C23H23ClFN3O3S/c1-28(2)22(16-6-3-9-19(25)12-16)15-26-23(29)17-7-4-11-21(13-17)32(30,31)27-20-10-5-8-18(24)14-20/h3-14,22,27H,15H2,1-2H3,(H,26,29)/t22-/m1/s1. The lowest BCUT2D eigenvalue weighted by Crippen LogP contribution is -2.34. The highest BCUT2D eigenvalue weighted by atomic mass is 35.5. The van der Waals surface area contributed by atoms with E-state index in [1.54, 1.807) is 30.3 Å². The van der Waals surface area contributed by atoms with Gasteiger partial charge in [0.25, 0.3) is 15.9 Å². The van der Waals surface area contributed by atoms with E-state index < -0.39 is 15.9 Å². The summed E-state index contributed by atoms with van der Waals surface area (Å²) in [5.41, 5.74) is 1.23. The molecule has 0 heterocycles. The first-order valence-electron chi connectivity index (χ1n) is 9.74. The number of likely N-dealkylation sites (N-methyl/N-ethyl adjacent to an activating group) is 1. The number of nitrogens with one attached hydrogen (secondary N) is 2. The van der Waals surface area contributed by atoms with Crippen molar-refractivity contribution in [3.05, 3.63) is 94.8 Å². The molecule has 1 amide bonds. The zero-order valence-electron chi connectivity index (χ0n) is 17.5. The van der Waals surface area contributed by atoms with Crippen LogP contribution in [-0.2, 0) is 10.0 Å². The lowest BCUT2D eigenvalue weighted by Gasteiger charge is -2.25. The summed E-state index contributed by atoms with van der Waals surface area (Å²) in [6, 6.07) is 18.0. The van der Waals surface area contributed by atoms with Gasteiger partial charge < -0.3 is 10.2 Å². The molecule has 3 rings (SSSR count). The fourth-order valence-electron chi connectivity index (χ4n) is 3.17. The van der Waals surface area contributed by atoms with Crippen molar-refractivity contribution in [3.8, 4) is 0 Å². The molecule has 1 atom stereocenters. The Balaban J connectivity index is 1.74. The molecule has 0 saturated carbocycles. The highest BCUT2D eigenvalue weighted by Crippen LogP contribution is 2.21. The molecule has 0 fully saturated rings. The van der Waals surface area contributed by atoms with Gasteiger partial charge in [-0.05, 0) is 68.2 Å². The van der Waals surface area contributed by atoms with E-state index >= 15 is 0 Å². The number of carbonyl (C=O) groups excluding carboxylic acids is 1. The van der Waals surface area contributed by atoms with Gasteiger partial charge in [0.05, 0.1) is 16.6 Å². The summed E-state index contributed by atoms with van der Waals surface area (Å²) >= 11 is 5.91. The molecule has 0 aromatic heterocycles. The number of amides is 1. The summed E-state index contributed by atoms with van der Waals surface area (Å²) in [4.78, 5) is 14.5. The van der Waals surface area contributed by atoms with Crippen LogP contribution in [0.3, 0.4) is 0 Å². The summed E-state index contributed by atoms with van der Waals surface area (Å²) in [7, 11) is -0.258. The maximum Gasteiger partial charge on any atom is 0.261 e. The highest BCUT2D eigenvalue weighted by Gasteiger charge is 2.19. The van der Waals surface area contributed by atoms with E-state index in [1.807, 2.05) is 19.0 Å². The van der Waals surface area contributed by atoms with E-state index in [1.165, 1.54) is 42.5 Å². The van der Waals surface area contributed by atoms with Crippen LogP contribution in [0.5, 0.6) is 0 Å². The number of rotatable bonds is 8. The fraction of sp³-hybridized carbons (Fsp3) is 0.174. The van der Waals surface area contributed by atoms with E-state index in [2.05, 4.69) is 10.0 Å². The zero-order valence-corrected chi connectivity index (χ0v) is 19.1. The van der Waals surface area contributed by atoms with Gasteiger partial charge in [0.15, 0.2) is 0 Å². The van der Waals surface area contributed by atoms with Crippen molar-refractivity contribution >= 4 is 33.2 Å². The van der Waals surface area contributed by atoms with Gasteiger partial charge in [-0.15, -0.1) is 0 Å². The SMILES string of the molecule is CN(C)[C@H](CNC(=O)c1cccc(S(=O)(=O)Nc2cccc(Cl)c2)c1)c1cccc(F)c1. The molecule has 32 heavy (non-hydrogen) atoms. The van der Waals surface area contributed by atoms with Crippen molar-refractivity contribution in [1.82, 2.24) is 10.2 Å². The lowest BCUT2D eigenvalue weighted by atomic mass is 10.1. The molecular weight excluding hydrogens is 453 g/mol. The number of halogens is 2. The minimum atomic E-state index is -3.92. The molecule has 2 N–H and O–H groups in total. The van der Waals surface area contributed by atoms with Crippen molar-refractivity contribution in [1.29, 1.82) is 0 Å². The van der Waals surface area contributed by atoms with Crippen LogP contribution >= 0.6 is 11.6 Å². The van der Waals surface area contributed by atoms with E-state index in [4.69, 9.17) is 11.6 Å². The van der Waals surface area contributed by atoms with Crippen LogP contribution in [0.1, 0.15) is 22.0 Å². The van der Waals surface area contributed by atoms with Gasteiger partial charge in [-0.3, -0.25) is 9.52 Å². The summed E-state index contributed by atoms with van der Waals surface area (Å²) < 4.78 is 41.5. The highest BCUT2D eigenvalue weighted by molar-refractivity contribution is 7.92. The number of hydrogen-bond acceptors (Lipinski definition) is 4. The van der Waals surface area contributed by atoms with Crippen LogP contribution in [0.2, 0.25) is 5.02 Å². The van der Waals surface area contributed by atoms with Crippen LogP contribution in [0.15, 0.2) is 77.7 Å². The Morgan fingerprint density at radius 2 is 1.75 bits per heavy atom. The van der Waals surface area contributed by atoms with Crippen molar-refractivity contribution in [2.24, 2.45) is 0 Å². The third-order valence-electron chi connectivity index (χ3n) is 4.80. The molecule has 0 aliphatic heterocycles. The molecule has 9 heteroatoms. The number of benzene rings is 3. The van der Waals surface area contributed by atoms with Gasteiger partial charge in [0.1, 0.15) is 5.82 Å². The summed E-state index contributed by atoms with van der Waals surface area (Å²) in [6.45, 7) is 0.215. The van der Waals surface area contributed by atoms with Crippen LogP contribution < -0.4 is 10.0 Å². The largest absolute Gasteiger partial charge is 0.350 e. The zero-order chi connectivity index (χ0) is 23.3. The Labute approximate surface area is 192 Å². The van der Waals surface area contributed by atoms with Crippen LogP contribution in [0.4, 0.5) is 10.1 Å². The first-order chi connectivity index (χ1) is 15.2. The van der Waals surface area contributed by atoms with Gasteiger partial charge >= 0.3 is 0 Å². The number of anilines is 1. The Morgan fingerprint density at radius 1 is 1.03 bits per heavy atom. The monoisotopic (exact) mass is 475 g/mol. The molecule has 0 spiro atoms. The molecule has 0 aliphatic carbocycles. The summed E-state index contributed by atoms with van der Waals surface area (Å²) in [5.74, 6) is -0.793. The second kappa shape index (κ2) is 10.1. The molecule has 3 aromatic carbocycles. The van der Waals surface area contributed by atoms with Gasteiger partial charge in [-0.1, -0.05) is 35.9 Å². The summed E-state index contributed by atoms with van der Waals surface area (Å²) in [6.07, 6.45) is 0. The number of hydrogen-bond donors (Lipinski definition) is 2. The fourth-order valence-corrected chi connectivity index (χ4v) is 4.46. The van der Waals surface area contributed by atoms with Gasteiger partial charge in [0, 0.05) is 17.1 Å². The number of sulfonamides is 1. The molecular formula is C23H23ClFN3O3S. The second-order valence-corrected chi connectivity index (χ2v) is 9.51. The molecule has 0 saturated heterocycles. The molecule has 0 unspecified atom stereocenters. The Morgan fingerprint density at radius 3 is 2.44 bits per heavy atom. The summed E-state index contributed by atoms with van der Waals surface area (Å²) in [5, 5.41) is 3.19. The quantitative estimate of drug-likeness (QED) is 0.508. The number of carbonyl (C=O) groups is 1. The first-order valence-corrected chi connectivity index (χ1v) is 11.6.